The van der Waals surface area contributed by atoms with Gasteiger partial charge >= 0.3 is 11.9 Å². The fourth-order valence-electron chi connectivity index (χ4n) is 0.793. The zero-order chi connectivity index (χ0) is 11.2. The fourth-order valence-corrected chi connectivity index (χ4v) is 0.793. The molecule has 0 heterocycles. The molecule has 0 aromatic rings. The van der Waals surface area contributed by atoms with E-state index in [1.54, 1.807) is 13.8 Å². The van der Waals surface area contributed by atoms with Gasteiger partial charge < -0.3 is 14.6 Å². The van der Waals surface area contributed by atoms with Gasteiger partial charge in [-0.25, -0.2) is 0 Å². The highest BCUT2D eigenvalue weighted by Crippen LogP contribution is 2.19. The van der Waals surface area contributed by atoms with Crippen molar-refractivity contribution in [3.05, 3.63) is 0 Å². The van der Waals surface area contributed by atoms with Gasteiger partial charge in [0.2, 0.25) is 0 Å². The summed E-state index contributed by atoms with van der Waals surface area (Å²) in [5.41, 5.74) is -1.61. The topological polar surface area (TPSA) is 72.8 Å². The molecule has 0 unspecified atom stereocenters. The van der Waals surface area contributed by atoms with E-state index >= 15 is 0 Å². The summed E-state index contributed by atoms with van der Waals surface area (Å²) in [4.78, 5) is 22.7. The van der Waals surface area contributed by atoms with Gasteiger partial charge in [0.25, 0.3) is 0 Å². The molecule has 0 aliphatic rings. The van der Waals surface area contributed by atoms with Crippen LogP contribution in [0.3, 0.4) is 0 Å². The monoisotopic (exact) mass is 205 g/mol. The molecule has 0 radical (unpaired) electrons. The number of aliphatic hydroxyl groups is 1. The molecule has 0 amide bonds. The molecule has 0 aromatic carbocycles. The van der Waals surface area contributed by atoms with E-state index in [1.807, 2.05) is 0 Å². The van der Waals surface area contributed by atoms with Crippen LogP contribution >= 0.6 is 0 Å². The van der Waals surface area contributed by atoms with Crippen LogP contribution in [0.25, 0.3) is 0 Å². The number of hydrogen-bond acceptors (Lipinski definition) is 5. The highest BCUT2D eigenvalue weighted by atomic mass is 16.6. The average Bonchev–Trinajstić information content (AvgIpc) is 2.17. The van der Waals surface area contributed by atoms with Gasteiger partial charge in [-0.15, -0.1) is 0 Å². The number of aliphatic hydroxyl groups excluding tert-OH is 1. The maximum absolute atomic E-state index is 11.3. The van der Waals surface area contributed by atoms with E-state index in [9.17, 15) is 9.59 Å². The lowest BCUT2D eigenvalue weighted by Gasteiger charge is -2.22. The van der Waals surface area contributed by atoms with E-state index in [-0.39, 0.29) is 13.2 Å². The first-order valence-corrected chi connectivity index (χ1v) is 4.48. The van der Waals surface area contributed by atoms with Crippen molar-refractivity contribution in [2.75, 3.05) is 19.8 Å². The molecule has 0 rings (SSSR count). The van der Waals surface area contributed by atoms with Gasteiger partial charge in [0.15, 0.2) is 5.41 Å². The molecule has 0 bridgehead atoms. The van der Waals surface area contributed by atoms with Crippen LogP contribution in [0.1, 0.15) is 20.8 Å². The summed E-state index contributed by atoms with van der Waals surface area (Å²) in [7, 11) is 0. The van der Waals surface area contributed by atoms with Crippen molar-refractivity contribution in [1.29, 1.82) is 0 Å². The molecule has 14 heavy (non-hydrogen) atoms. The fraction of sp³-hybridized carbons (Fsp3) is 0.778. The van der Waals surface area contributed by atoms with E-state index in [4.69, 9.17) is 5.11 Å². The van der Waals surface area contributed by atoms with E-state index in [0.717, 1.165) is 0 Å². The lowest BCUT2D eigenvalue weighted by atomic mass is 10.00. The van der Waals surface area contributed by atoms with Crippen LogP contribution in [0.2, 0.25) is 0 Å². The summed E-state index contributed by atoms with van der Waals surface area (Å²) in [5, 5.41) is 8.98. The summed E-state index contributed by atoms with van der Waals surface area (Å²) in [5.74, 6) is -1.53. The first-order valence-electron chi connectivity index (χ1n) is 4.48. The molecule has 5 nitrogen and oxygen atoms in total. The Morgan fingerprint density at radius 1 is 1.14 bits per heavy atom. The minimum atomic E-state index is -1.61. The van der Waals surface area contributed by atoms with Gasteiger partial charge in [0.1, 0.15) is 0 Å². The predicted molar refractivity (Wildman–Crippen MR) is 48.5 cm³/mol. The highest BCUT2D eigenvalue weighted by Gasteiger charge is 2.43. The Morgan fingerprint density at radius 2 is 1.50 bits per heavy atom. The summed E-state index contributed by atoms with van der Waals surface area (Å²) in [6, 6.07) is 0. The maximum atomic E-state index is 11.3. The zero-order valence-corrected chi connectivity index (χ0v) is 8.70. The number of rotatable bonds is 5. The quantitative estimate of drug-likeness (QED) is 0.392. The second-order valence-electron chi connectivity index (χ2n) is 2.93. The summed E-state index contributed by atoms with van der Waals surface area (Å²) in [6.45, 7) is 4.25. The standard InChI is InChI=1S/C9H16O5/c1-4-13-7(11)9(3,6-10)8(12)14-5-2/h10H,4-6H2,1-3H3/i3+1. The van der Waals surface area contributed by atoms with Crippen molar-refractivity contribution < 1.29 is 24.2 Å². The van der Waals surface area contributed by atoms with Gasteiger partial charge in [-0.1, -0.05) is 0 Å². The van der Waals surface area contributed by atoms with Gasteiger partial charge in [0, 0.05) is 0 Å². The summed E-state index contributed by atoms with van der Waals surface area (Å²) < 4.78 is 9.33. The molecule has 0 saturated carbocycles. The van der Waals surface area contributed by atoms with Crippen molar-refractivity contribution >= 4 is 11.9 Å². The third kappa shape index (κ3) is 2.70. The van der Waals surface area contributed by atoms with Crippen molar-refractivity contribution in [2.45, 2.75) is 20.8 Å². The van der Waals surface area contributed by atoms with Gasteiger partial charge in [-0.2, -0.15) is 0 Å². The van der Waals surface area contributed by atoms with Gasteiger partial charge in [0.05, 0.1) is 19.8 Å². The molecule has 0 aliphatic heterocycles. The molecular formula is C9H16O5. The van der Waals surface area contributed by atoms with Crippen LogP contribution < -0.4 is 0 Å². The largest absolute Gasteiger partial charge is 0.465 e. The minimum absolute atomic E-state index is 0.161. The molecule has 0 atom stereocenters. The van der Waals surface area contributed by atoms with E-state index in [1.165, 1.54) is 6.92 Å². The van der Waals surface area contributed by atoms with Crippen molar-refractivity contribution in [3.8, 4) is 0 Å². The number of hydrogen-bond donors (Lipinski definition) is 1. The Morgan fingerprint density at radius 3 is 1.71 bits per heavy atom. The van der Waals surface area contributed by atoms with Crippen LogP contribution in [0.4, 0.5) is 0 Å². The van der Waals surface area contributed by atoms with Crippen molar-refractivity contribution in [3.63, 3.8) is 0 Å². The van der Waals surface area contributed by atoms with Gasteiger partial charge in [-0.05, 0) is 20.8 Å². The third-order valence-corrected chi connectivity index (χ3v) is 1.77. The average molecular weight is 205 g/mol. The normalized spacial score (nSPS) is 10.9. The molecule has 0 aromatic heterocycles. The molecule has 0 saturated heterocycles. The van der Waals surface area contributed by atoms with Gasteiger partial charge in [-0.3, -0.25) is 9.59 Å². The highest BCUT2D eigenvalue weighted by molar-refractivity contribution is 5.99. The van der Waals surface area contributed by atoms with Crippen LogP contribution in [-0.2, 0) is 19.1 Å². The first kappa shape index (κ1) is 12.9. The number of carbonyl (C=O) groups is 2. The molecule has 0 aliphatic carbocycles. The third-order valence-electron chi connectivity index (χ3n) is 1.77. The zero-order valence-electron chi connectivity index (χ0n) is 8.70. The molecule has 5 heteroatoms. The van der Waals surface area contributed by atoms with E-state index < -0.39 is 24.0 Å². The number of carbonyl (C=O) groups excluding carboxylic acids is 2. The Balaban J connectivity index is 4.60. The summed E-state index contributed by atoms with van der Waals surface area (Å²) in [6.07, 6.45) is 0. The second kappa shape index (κ2) is 5.59. The van der Waals surface area contributed by atoms with E-state index in [0.29, 0.717) is 0 Å². The predicted octanol–water partition coefficient (Wildman–Crippen LogP) is 0.111. The van der Waals surface area contributed by atoms with Crippen LogP contribution in [0, 0.1) is 5.41 Å². The Kier molecular flexibility index (Phi) is 5.15. The van der Waals surface area contributed by atoms with Crippen LogP contribution in [0.5, 0.6) is 0 Å². The Bertz CT molecular complexity index is 193. The maximum Gasteiger partial charge on any atom is 0.325 e. The first-order chi connectivity index (χ1) is 6.52. The second-order valence-corrected chi connectivity index (χ2v) is 2.93. The number of esters is 2. The minimum Gasteiger partial charge on any atom is -0.465 e. The SMILES string of the molecule is CCOC(=O)C([13CH3])(CO)C(=O)OCC. The molecular weight excluding hydrogens is 189 g/mol. The lowest BCUT2D eigenvalue weighted by Crippen LogP contribution is -2.42. The Labute approximate surface area is 83.0 Å². The molecule has 1 N–H and O–H groups in total. The molecule has 0 spiro atoms. The van der Waals surface area contributed by atoms with Crippen LogP contribution in [-0.4, -0.2) is 36.9 Å². The van der Waals surface area contributed by atoms with Crippen LogP contribution in [0.15, 0.2) is 0 Å². The van der Waals surface area contributed by atoms with Crippen molar-refractivity contribution in [2.24, 2.45) is 5.41 Å². The molecule has 0 fully saturated rings. The van der Waals surface area contributed by atoms with Crippen molar-refractivity contribution in [1.82, 2.24) is 0 Å². The number of ether oxygens (including phenoxy) is 2. The summed E-state index contributed by atoms with van der Waals surface area (Å²) >= 11 is 0. The lowest BCUT2D eigenvalue weighted by molar-refractivity contribution is -0.173. The van der Waals surface area contributed by atoms with E-state index in [2.05, 4.69) is 9.47 Å². The Hall–Kier alpha value is -1.10. The smallest absolute Gasteiger partial charge is 0.325 e. The molecule has 82 valence electrons.